The van der Waals surface area contributed by atoms with Crippen molar-refractivity contribution in [3.05, 3.63) is 69.3 Å². The Morgan fingerprint density at radius 2 is 1.44 bits per heavy atom. The first kappa shape index (κ1) is 18.4. The van der Waals surface area contributed by atoms with Crippen molar-refractivity contribution in [2.24, 2.45) is 0 Å². The molecule has 0 N–H and O–H groups in total. The van der Waals surface area contributed by atoms with Gasteiger partial charge in [-0.15, -0.1) is 11.6 Å². The molecule has 0 heterocycles. The van der Waals surface area contributed by atoms with Crippen molar-refractivity contribution in [1.82, 2.24) is 0 Å². The molecule has 27 heavy (non-hydrogen) atoms. The Bertz CT molecular complexity index is 897. The highest BCUT2D eigenvalue weighted by molar-refractivity contribution is 6.19. The lowest BCUT2D eigenvalue weighted by atomic mass is 10.0. The van der Waals surface area contributed by atoms with E-state index < -0.39 is 0 Å². The smallest absolute Gasteiger partial charge is 0.164 e. The van der Waals surface area contributed by atoms with Crippen molar-refractivity contribution < 1.29 is 9.59 Å². The van der Waals surface area contributed by atoms with E-state index in [1.807, 2.05) is 12.1 Å². The zero-order chi connectivity index (χ0) is 18.8. The lowest BCUT2D eigenvalue weighted by Crippen LogP contribution is -2.00. The predicted octanol–water partition coefficient (Wildman–Crippen LogP) is 5.29. The monoisotopic (exact) mass is 380 g/mol. The molecule has 2 nitrogen and oxygen atoms in total. The number of hydrogen-bond donors (Lipinski definition) is 0. The van der Waals surface area contributed by atoms with E-state index >= 15 is 0 Å². The summed E-state index contributed by atoms with van der Waals surface area (Å²) in [5.41, 5.74) is 8.82. The third-order valence-corrected chi connectivity index (χ3v) is 6.17. The summed E-state index contributed by atoms with van der Waals surface area (Å²) < 4.78 is 0. The van der Waals surface area contributed by atoms with E-state index in [2.05, 4.69) is 18.2 Å². The minimum absolute atomic E-state index is 0.162. The minimum atomic E-state index is 0.162. The Hall–Kier alpha value is -1.93. The number of hydrogen-bond acceptors (Lipinski definition) is 2. The molecule has 0 fully saturated rings. The first-order valence-corrected chi connectivity index (χ1v) is 10.6. The Morgan fingerprint density at radius 1 is 0.778 bits per heavy atom. The second kappa shape index (κ2) is 7.98. The molecule has 0 unspecified atom stereocenters. The van der Waals surface area contributed by atoms with Crippen molar-refractivity contribution >= 4 is 23.2 Å². The summed E-state index contributed by atoms with van der Waals surface area (Å²) in [5, 5.41) is 0. The normalized spacial score (nSPS) is 16.4. The molecule has 0 saturated carbocycles. The van der Waals surface area contributed by atoms with Gasteiger partial charge in [0.05, 0.1) is 0 Å². The molecule has 0 spiro atoms. The number of aryl methyl sites for hydroxylation is 5. The van der Waals surface area contributed by atoms with E-state index in [1.54, 1.807) is 0 Å². The van der Waals surface area contributed by atoms with Gasteiger partial charge in [-0.05, 0) is 84.9 Å². The third-order valence-electron chi connectivity index (χ3n) is 5.98. The van der Waals surface area contributed by atoms with Gasteiger partial charge in [0, 0.05) is 29.8 Å². The van der Waals surface area contributed by atoms with Crippen LogP contribution in [0.2, 0.25) is 0 Å². The van der Waals surface area contributed by atoms with Gasteiger partial charge in [-0.25, -0.2) is 0 Å². The van der Waals surface area contributed by atoms with Crippen LogP contribution >= 0.6 is 11.6 Å². The molecule has 0 aliphatic heterocycles. The molecular formula is C24H25ClO2. The van der Waals surface area contributed by atoms with Crippen LogP contribution in [-0.4, -0.2) is 17.4 Å². The maximum absolute atomic E-state index is 11.6. The molecule has 0 saturated heterocycles. The molecule has 0 bridgehead atoms. The van der Waals surface area contributed by atoms with Gasteiger partial charge in [-0.3, -0.25) is 9.59 Å². The number of Topliss-reactive ketones (excluding diaryl/α,β-unsaturated/α-hetero) is 2. The molecule has 140 valence electrons. The number of halogens is 1. The van der Waals surface area contributed by atoms with Gasteiger partial charge >= 0.3 is 0 Å². The van der Waals surface area contributed by atoms with E-state index in [0.29, 0.717) is 18.1 Å². The second-order valence-corrected chi connectivity index (χ2v) is 8.13. The largest absolute Gasteiger partial charge is 0.294 e. The maximum Gasteiger partial charge on any atom is 0.164 e. The zero-order valence-corrected chi connectivity index (χ0v) is 16.4. The fourth-order valence-electron chi connectivity index (χ4n) is 4.50. The maximum atomic E-state index is 11.6. The van der Waals surface area contributed by atoms with Crippen LogP contribution in [0.4, 0.5) is 0 Å². The summed E-state index contributed by atoms with van der Waals surface area (Å²) >= 11 is 5.54. The van der Waals surface area contributed by atoms with Gasteiger partial charge in [-0.1, -0.05) is 18.2 Å². The summed E-state index contributed by atoms with van der Waals surface area (Å²) in [5.74, 6) is 0.926. The SMILES string of the molecule is O=C(CCCl)c1ccc2c(c1)CCC2.O=C1CCc2cc3c(cc21)CCC3. The highest BCUT2D eigenvalue weighted by Gasteiger charge is 2.22. The van der Waals surface area contributed by atoms with Crippen LogP contribution < -0.4 is 0 Å². The van der Waals surface area contributed by atoms with Crippen molar-refractivity contribution in [1.29, 1.82) is 0 Å². The Morgan fingerprint density at radius 3 is 2.19 bits per heavy atom. The number of alkyl halides is 1. The molecule has 2 aromatic carbocycles. The lowest BCUT2D eigenvalue weighted by molar-refractivity contribution is 0.0983. The zero-order valence-electron chi connectivity index (χ0n) is 15.7. The van der Waals surface area contributed by atoms with E-state index in [4.69, 9.17) is 11.6 Å². The van der Waals surface area contributed by atoms with Crippen LogP contribution in [0.3, 0.4) is 0 Å². The van der Waals surface area contributed by atoms with Crippen molar-refractivity contribution in [3.8, 4) is 0 Å². The highest BCUT2D eigenvalue weighted by Crippen LogP contribution is 2.30. The summed E-state index contributed by atoms with van der Waals surface area (Å²) in [6.45, 7) is 0. The first-order valence-electron chi connectivity index (χ1n) is 10.0. The Labute approximate surface area is 165 Å². The molecule has 0 atom stereocenters. The van der Waals surface area contributed by atoms with Crippen molar-refractivity contribution in [2.75, 3.05) is 5.88 Å². The van der Waals surface area contributed by atoms with Gasteiger partial charge < -0.3 is 0 Å². The molecule has 5 rings (SSSR count). The molecule has 0 radical (unpaired) electrons. The van der Waals surface area contributed by atoms with Crippen LogP contribution in [0.1, 0.15) is 74.2 Å². The Balaban J connectivity index is 0.000000134. The first-order chi connectivity index (χ1) is 13.2. The number of ketones is 2. The van der Waals surface area contributed by atoms with Crippen LogP contribution in [0.5, 0.6) is 0 Å². The van der Waals surface area contributed by atoms with Gasteiger partial charge in [0.15, 0.2) is 11.6 Å². The van der Waals surface area contributed by atoms with Gasteiger partial charge in [-0.2, -0.15) is 0 Å². The van der Waals surface area contributed by atoms with E-state index in [9.17, 15) is 9.59 Å². The third kappa shape index (κ3) is 3.87. The average molecular weight is 381 g/mol. The number of fused-ring (bicyclic) bond motifs is 3. The molecule has 3 heteroatoms. The topological polar surface area (TPSA) is 34.1 Å². The summed E-state index contributed by atoms with van der Waals surface area (Å²) in [6, 6.07) is 10.5. The minimum Gasteiger partial charge on any atom is -0.294 e. The molecule has 0 amide bonds. The quantitative estimate of drug-likeness (QED) is 0.535. The summed E-state index contributed by atoms with van der Waals surface area (Å²) in [4.78, 5) is 23.0. The number of benzene rings is 2. The van der Waals surface area contributed by atoms with Crippen LogP contribution in [-0.2, 0) is 32.1 Å². The highest BCUT2D eigenvalue weighted by atomic mass is 35.5. The van der Waals surface area contributed by atoms with Crippen LogP contribution in [0.15, 0.2) is 30.3 Å². The molecular weight excluding hydrogens is 356 g/mol. The Kier molecular flexibility index (Phi) is 5.45. The van der Waals surface area contributed by atoms with Crippen molar-refractivity contribution in [2.45, 2.75) is 57.8 Å². The van der Waals surface area contributed by atoms with Crippen LogP contribution in [0, 0.1) is 0 Å². The fraction of sp³-hybridized carbons (Fsp3) is 0.417. The molecule has 2 aromatic rings. The number of carbonyl (C=O) groups is 2. The van der Waals surface area contributed by atoms with Crippen molar-refractivity contribution in [3.63, 3.8) is 0 Å². The predicted molar refractivity (Wildman–Crippen MR) is 109 cm³/mol. The lowest BCUT2D eigenvalue weighted by Gasteiger charge is -2.02. The van der Waals surface area contributed by atoms with E-state index in [-0.39, 0.29) is 5.78 Å². The molecule has 0 aromatic heterocycles. The van der Waals surface area contributed by atoms with E-state index in [1.165, 1.54) is 59.9 Å². The van der Waals surface area contributed by atoms with Gasteiger partial charge in [0.1, 0.15) is 0 Å². The number of rotatable bonds is 3. The molecule has 3 aliphatic carbocycles. The van der Waals surface area contributed by atoms with Gasteiger partial charge in [0.25, 0.3) is 0 Å². The second-order valence-electron chi connectivity index (χ2n) is 7.75. The summed E-state index contributed by atoms with van der Waals surface area (Å²) in [6.07, 6.45) is 9.33. The molecule has 3 aliphatic rings. The average Bonchev–Trinajstić information content (AvgIpc) is 3.40. The fourth-order valence-corrected chi connectivity index (χ4v) is 4.67. The van der Waals surface area contributed by atoms with Gasteiger partial charge in [0.2, 0.25) is 0 Å². The number of carbonyl (C=O) groups excluding carboxylic acids is 2. The standard InChI is InChI=1S/C12H13ClO.C12H12O/c13-7-6-12(14)11-5-4-9-2-1-3-10(9)8-11;13-12-5-4-10-6-8-2-1-3-9(8)7-11(10)12/h4-5,8H,1-3,6-7H2;6-7H,1-5H2. The summed E-state index contributed by atoms with van der Waals surface area (Å²) in [7, 11) is 0. The van der Waals surface area contributed by atoms with Crippen LogP contribution in [0.25, 0.3) is 0 Å². The van der Waals surface area contributed by atoms with E-state index in [0.717, 1.165) is 30.4 Å².